The molecule has 1 aromatic carbocycles. The molecule has 0 radical (unpaired) electrons. The lowest BCUT2D eigenvalue weighted by atomic mass is 10.2. The lowest BCUT2D eigenvalue weighted by molar-refractivity contribution is 0.630. The molecule has 82 valence electrons. The molecule has 0 aliphatic rings. The number of anilines is 3. The summed E-state index contributed by atoms with van der Waals surface area (Å²) in [4.78, 5) is 7.85. The molecule has 2 rings (SSSR count). The van der Waals surface area contributed by atoms with E-state index in [4.69, 9.17) is 5.73 Å². The quantitative estimate of drug-likeness (QED) is 0.811. The first-order valence-electron chi connectivity index (χ1n) is 4.77. The molecule has 0 aliphatic heterocycles. The van der Waals surface area contributed by atoms with Crippen molar-refractivity contribution in [3.63, 3.8) is 0 Å². The number of nitrogens with two attached hydrogens (primary N) is 1. The third kappa shape index (κ3) is 2.25. The van der Waals surface area contributed by atoms with Crippen LogP contribution < -0.4 is 11.1 Å². The molecule has 16 heavy (non-hydrogen) atoms. The predicted octanol–water partition coefficient (Wildman–Crippen LogP) is 2.25. The van der Waals surface area contributed by atoms with Crippen molar-refractivity contribution in [3.8, 4) is 0 Å². The van der Waals surface area contributed by atoms with E-state index in [-0.39, 0.29) is 11.8 Å². The molecule has 0 bridgehead atoms. The van der Waals surface area contributed by atoms with E-state index in [1.54, 1.807) is 18.2 Å². The maximum atomic E-state index is 13.5. The van der Waals surface area contributed by atoms with Gasteiger partial charge >= 0.3 is 0 Å². The Labute approximate surface area is 92.3 Å². The van der Waals surface area contributed by atoms with Crippen LogP contribution in [0.1, 0.15) is 5.56 Å². The Kier molecular flexibility index (Phi) is 2.68. The molecule has 1 heterocycles. The molecule has 0 amide bonds. The van der Waals surface area contributed by atoms with Gasteiger partial charge in [0.1, 0.15) is 11.6 Å². The second-order valence-corrected chi connectivity index (χ2v) is 3.41. The summed E-state index contributed by atoms with van der Waals surface area (Å²) < 4.78 is 13.5. The molecule has 0 unspecified atom stereocenters. The third-order valence-electron chi connectivity index (χ3n) is 2.05. The van der Waals surface area contributed by atoms with Crippen LogP contribution in [0, 0.1) is 12.7 Å². The largest absolute Gasteiger partial charge is 0.384 e. The Bertz CT molecular complexity index is 513. The van der Waals surface area contributed by atoms with Crippen LogP contribution >= 0.6 is 0 Å². The molecule has 3 N–H and O–H groups in total. The maximum Gasteiger partial charge on any atom is 0.229 e. The van der Waals surface area contributed by atoms with Gasteiger partial charge in [0.25, 0.3) is 0 Å². The van der Waals surface area contributed by atoms with E-state index in [1.165, 1.54) is 12.3 Å². The summed E-state index contributed by atoms with van der Waals surface area (Å²) >= 11 is 0. The number of nitrogen functional groups attached to an aromatic ring is 1. The summed E-state index contributed by atoms with van der Waals surface area (Å²) in [5.74, 6) is 0.277. The third-order valence-corrected chi connectivity index (χ3v) is 2.05. The minimum absolute atomic E-state index is 0.280. The van der Waals surface area contributed by atoms with Gasteiger partial charge in [-0.15, -0.1) is 0 Å². The number of hydrogen-bond acceptors (Lipinski definition) is 4. The second kappa shape index (κ2) is 4.14. The highest BCUT2D eigenvalue weighted by Crippen LogP contribution is 2.18. The first-order chi connectivity index (χ1) is 7.65. The number of nitrogens with one attached hydrogen (secondary N) is 1. The van der Waals surface area contributed by atoms with Gasteiger partial charge in [-0.3, -0.25) is 0 Å². The van der Waals surface area contributed by atoms with Crippen LogP contribution in [-0.2, 0) is 0 Å². The fourth-order valence-electron chi connectivity index (χ4n) is 1.27. The molecule has 0 saturated heterocycles. The zero-order valence-electron chi connectivity index (χ0n) is 8.74. The molecule has 5 heteroatoms. The normalized spacial score (nSPS) is 10.1. The Hall–Kier alpha value is -2.17. The summed E-state index contributed by atoms with van der Waals surface area (Å²) in [7, 11) is 0. The number of hydrogen-bond donors (Lipinski definition) is 2. The molecule has 0 atom stereocenters. The van der Waals surface area contributed by atoms with Gasteiger partial charge in [0.2, 0.25) is 5.95 Å². The standard InChI is InChI=1S/C11H11FN4/c1-7-2-3-9(8(12)6-7)15-11-14-5-4-10(13)16-11/h2-6H,1H3,(H3,13,14,15,16). The van der Waals surface area contributed by atoms with Crippen LogP contribution in [-0.4, -0.2) is 9.97 Å². The molecule has 0 spiro atoms. The average Bonchev–Trinajstić information content (AvgIpc) is 2.22. The van der Waals surface area contributed by atoms with E-state index >= 15 is 0 Å². The van der Waals surface area contributed by atoms with Crippen molar-refractivity contribution in [2.75, 3.05) is 11.1 Å². The Balaban J connectivity index is 2.27. The van der Waals surface area contributed by atoms with E-state index in [9.17, 15) is 4.39 Å². The van der Waals surface area contributed by atoms with Crippen molar-refractivity contribution >= 4 is 17.5 Å². The Morgan fingerprint density at radius 2 is 2.12 bits per heavy atom. The van der Waals surface area contributed by atoms with Crippen molar-refractivity contribution in [2.24, 2.45) is 0 Å². The van der Waals surface area contributed by atoms with Gasteiger partial charge < -0.3 is 11.1 Å². The lowest BCUT2D eigenvalue weighted by Gasteiger charge is -2.06. The highest BCUT2D eigenvalue weighted by Gasteiger charge is 2.04. The fraction of sp³-hybridized carbons (Fsp3) is 0.0909. The number of rotatable bonds is 2. The SMILES string of the molecule is Cc1ccc(Nc2nccc(N)n2)c(F)c1. The monoisotopic (exact) mass is 218 g/mol. The van der Waals surface area contributed by atoms with Gasteiger partial charge in [0.05, 0.1) is 5.69 Å². The number of nitrogens with zero attached hydrogens (tertiary/aromatic N) is 2. The Morgan fingerprint density at radius 1 is 1.31 bits per heavy atom. The van der Waals surface area contributed by atoms with E-state index in [1.807, 2.05) is 6.92 Å². The highest BCUT2D eigenvalue weighted by molar-refractivity contribution is 5.55. The van der Waals surface area contributed by atoms with E-state index in [2.05, 4.69) is 15.3 Å². The minimum atomic E-state index is -0.342. The van der Waals surface area contributed by atoms with Crippen molar-refractivity contribution in [3.05, 3.63) is 41.8 Å². The lowest BCUT2D eigenvalue weighted by Crippen LogP contribution is -2.01. The zero-order chi connectivity index (χ0) is 11.5. The minimum Gasteiger partial charge on any atom is -0.384 e. The summed E-state index contributed by atoms with van der Waals surface area (Å²) in [6.45, 7) is 1.82. The van der Waals surface area contributed by atoms with Crippen LogP contribution in [0.5, 0.6) is 0 Å². The summed E-state index contributed by atoms with van der Waals surface area (Å²) in [6.07, 6.45) is 1.51. The van der Waals surface area contributed by atoms with Crippen molar-refractivity contribution in [1.29, 1.82) is 0 Å². The van der Waals surface area contributed by atoms with Gasteiger partial charge in [-0.05, 0) is 30.7 Å². The molecule has 1 aromatic heterocycles. The zero-order valence-corrected chi connectivity index (χ0v) is 8.74. The van der Waals surface area contributed by atoms with E-state index < -0.39 is 0 Å². The van der Waals surface area contributed by atoms with Gasteiger partial charge in [-0.25, -0.2) is 9.37 Å². The molecular weight excluding hydrogens is 207 g/mol. The fourth-order valence-corrected chi connectivity index (χ4v) is 1.27. The van der Waals surface area contributed by atoms with Crippen LogP contribution in [0.3, 0.4) is 0 Å². The van der Waals surface area contributed by atoms with Crippen LogP contribution in [0.4, 0.5) is 21.8 Å². The number of benzene rings is 1. The highest BCUT2D eigenvalue weighted by atomic mass is 19.1. The van der Waals surface area contributed by atoms with Crippen LogP contribution in [0.25, 0.3) is 0 Å². The average molecular weight is 218 g/mol. The van der Waals surface area contributed by atoms with Gasteiger partial charge in [0.15, 0.2) is 0 Å². The smallest absolute Gasteiger partial charge is 0.229 e. The molecule has 0 saturated carbocycles. The topological polar surface area (TPSA) is 63.8 Å². The molecule has 0 fully saturated rings. The summed E-state index contributed by atoms with van der Waals surface area (Å²) in [6, 6.07) is 6.44. The second-order valence-electron chi connectivity index (χ2n) is 3.41. The van der Waals surface area contributed by atoms with E-state index in [0.717, 1.165) is 5.56 Å². The van der Waals surface area contributed by atoms with E-state index in [0.29, 0.717) is 11.5 Å². The maximum absolute atomic E-state index is 13.5. The van der Waals surface area contributed by atoms with Crippen molar-refractivity contribution < 1.29 is 4.39 Å². The van der Waals surface area contributed by atoms with Crippen molar-refractivity contribution in [2.45, 2.75) is 6.92 Å². The molecule has 2 aromatic rings. The Morgan fingerprint density at radius 3 is 2.81 bits per heavy atom. The predicted molar refractivity (Wildman–Crippen MR) is 60.9 cm³/mol. The van der Waals surface area contributed by atoms with Crippen molar-refractivity contribution in [1.82, 2.24) is 9.97 Å². The van der Waals surface area contributed by atoms with Gasteiger partial charge in [-0.2, -0.15) is 4.98 Å². The molecule has 4 nitrogen and oxygen atoms in total. The number of aryl methyl sites for hydroxylation is 1. The number of aromatic nitrogens is 2. The van der Waals surface area contributed by atoms with Gasteiger partial charge in [0, 0.05) is 6.20 Å². The first-order valence-corrected chi connectivity index (χ1v) is 4.77. The summed E-state index contributed by atoms with van der Waals surface area (Å²) in [5, 5.41) is 2.76. The first kappa shape index (κ1) is 10.4. The summed E-state index contributed by atoms with van der Waals surface area (Å²) in [5.41, 5.74) is 6.68. The van der Waals surface area contributed by atoms with Gasteiger partial charge in [-0.1, -0.05) is 6.07 Å². The van der Waals surface area contributed by atoms with Crippen LogP contribution in [0.15, 0.2) is 30.5 Å². The number of halogens is 1. The molecule has 0 aliphatic carbocycles. The van der Waals surface area contributed by atoms with Crippen LogP contribution in [0.2, 0.25) is 0 Å². The molecular formula is C11H11FN4.